The molecule has 43 heavy (non-hydrogen) atoms. The molecule has 0 aromatic heterocycles. The van der Waals surface area contributed by atoms with E-state index in [0.717, 1.165) is 56.4 Å². The topological polar surface area (TPSA) is 30.9 Å². The van der Waals surface area contributed by atoms with Crippen LogP contribution >= 0.6 is 0 Å². The van der Waals surface area contributed by atoms with Crippen molar-refractivity contribution >= 4 is 8.80 Å². The van der Waals surface area contributed by atoms with Crippen molar-refractivity contribution < 1.29 is 70.2 Å². The predicted molar refractivity (Wildman–Crippen MR) is 177 cm³/mol. The van der Waals surface area contributed by atoms with Crippen LogP contribution in [-0.4, -0.2) is 116 Å². The molecule has 2 bridgehead atoms. The summed E-state index contributed by atoms with van der Waals surface area (Å²) in [5.41, 5.74) is 0. The van der Waals surface area contributed by atoms with Crippen LogP contribution in [0.3, 0.4) is 0 Å². The molecule has 0 aromatic rings. The van der Waals surface area contributed by atoms with Crippen molar-refractivity contribution in [2.45, 2.75) is 129 Å². The molecular formula is C34H73I2N3O3Si. The van der Waals surface area contributed by atoms with E-state index in [4.69, 9.17) is 13.3 Å². The summed E-state index contributed by atoms with van der Waals surface area (Å²) in [6.07, 6.45) is 25.5. The van der Waals surface area contributed by atoms with Crippen molar-refractivity contribution in [2.24, 2.45) is 0 Å². The average molecular weight is 854 g/mol. The van der Waals surface area contributed by atoms with E-state index in [-0.39, 0.29) is 48.0 Å². The Hall–Kier alpha value is 1.44. The first-order valence-corrected chi connectivity index (χ1v) is 20.0. The van der Waals surface area contributed by atoms with Crippen LogP contribution in [0.2, 0.25) is 6.04 Å². The Labute approximate surface area is 304 Å². The Bertz CT molecular complexity index is 619. The smallest absolute Gasteiger partial charge is 0.501 e. The molecule has 9 heteroatoms. The summed E-state index contributed by atoms with van der Waals surface area (Å²) in [5, 5.41) is 0. The number of fused-ring (bicyclic) bond motifs is 6. The monoisotopic (exact) mass is 853 g/mol. The maximum absolute atomic E-state index is 6.23. The van der Waals surface area contributed by atoms with Crippen LogP contribution in [0.15, 0.2) is 0 Å². The van der Waals surface area contributed by atoms with Gasteiger partial charge in [-0.1, -0.05) is 96.8 Å². The number of nitrogens with zero attached hydrogens (tertiary/aromatic N) is 3. The number of halogens is 2. The van der Waals surface area contributed by atoms with Crippen molar-refractivity contribution in [3.05, 3.63) is 0 Å². The Morgan fingerprint density at radius 1 is 0.465 bits per heavy atom. The molecule has 0 saturated carbocycles. The van der Waals surface area contributed by atoms with Crippen LogP contribution in [-0.2, 0) is 13.3 Å². The molecule has 3 aliphatic heterocycles. The summed E-state index contributed by atoms with van der Waals surface area (Å²) in [4.78, 5) is 2.39. The lowest BCUT2D eigenvalue weighted by atomic mass is 10.0. The van der Waals surface area contributed by atoms with E-state index in [1.807, 2.05) is 0 Å². The minimum atomic E-state index is -2.47. The van der Waals surface area contributed by atoms with Gasteiger partial charge in [0.2, 0.25) is 0 Å². The maximum Gasteiger partial charge on any atom is 0.501 e. The highest BCUT2D eigenvalue weighted by Gasteiger charge is 2.43. The summed E-state index contributed by atoms with van der Waals surface area (Å²) >= 11 is 0. The van der Waals surface area contributed by atoms with Crippen molar-refractivity contribution in [1.82, 2.24) is 4.90 Å². The standard InChI is InChI=1S/C34H73N3O3Si.2HI/c1-6-7-8-9-10-11-12-13-14-15-16-17-18-19-20-21-27-36(2,3)28-22-29-37(4,5)30-23-34-41-38-31-24-35(25-32-39-41)26-33-40-41;;/h6-34H2,1-5H3;2*1H/q+2;;/p-2. The highest BCUT2D eigenvalue weighted by atomic mass is 127. The van der Waals surface area contributed by atoms with E-state index < -0.39 is 8.80 Å². The SMILES string of the molecule is CCCCCCCCCCCCCCCCCC[N+](C)(C)CCC[N+](C)(C)CCC[Si]12OCCN(CCO1)CCO2.[I-].[I-]. The molecule has 3 fully saturated rings. The van der Waals surface area contributed by atoms with Gasteiger partial charge in [0.15, 0.2) is 0 Å². The number of quaternary nitrogens is 2. The number of hydrogen-bond donors (Lipinski definition) is 0. The zero-order chi connectivity index (χ0) is 29.7. The largest absolute Gasteiger partial charge is 1.00 e. The second-order valence-corrected chi connectivity index (χ2v) is 17.3. The molecule has 6 nitrogen and oxygen atoms in total. The summed E-state index contributed by atoms with van der Waals surface area (Å²) in [7, 11) is 7.19. The lowest BCUT2D eigenvalue weighted by Gasteiger charge is -2.39. The second kappa shape index (κ2) is 26.4. The van der Waals surface area contributed by atoms with Gasteiger partial charge in [-0.25, -0.2) is 0 Å². The van der Waals surface area contributed by atoms with Crippen molar-refractivity contribution in [3.63, 3.8) is 0 Å². The van der Waals surface area contributed by atoms with E-state index in [2.05, 4.69) is 40.0 Å². The van der Waals surface area contributed by atoms with Crippen LogP contribution in [0.5, 0.6) is 0 Å². The van der Waals surface area contributed by atoms with Crippen LogP contribution in [0.25, 0.3) is 0 Å². The van der Waals surface area contributed by atoms with E-state index >= 15 is 0 Å². The molecule has 3 heterocycles. The molecule has 0 N–H and O–H groups in total. The molecule has 0 aromatic carbocycles. The van der Waals surface area contributed by atoms with Gasteiger partial charge in [0, 0.05) is 38.5 Å². The van der Waals surface area contributed by atoms with Gasteiger partial charge < -0.3 is 70.2 Å². The molecule has 0 spiro atoms. The van der Waals surface area contributed by atoms with Crippen LogP contribution in [0, 0.1) is 0 Å². The average Bonchev–Trinajstić information content (AvgIpc) is 2.88. The predicted octanol–water partition coefficient (Wildman–Crippen LogP) is 1.51. The number of unbranched alkanes of at least 4 members (excludes halogenated alkanes) is 15. The Kier molecular flexibility index (Phi) is 27.3. The summed E-state index contributed by atoms with van der Waals surface area (Å²) in [6, 6.07) is 0.968. The summed E-state index contributed by atoms with van der Waals surface area (Å²) in [5.74, 6) is 0. The Morgan fingerprint density at radius 3 is 1.19 bits per heavy atom. The molecule has 3 aliphatic rings. The van der Waals surface area contributed by atoms with Crippen molar-refractivity contribution in [1.29, 1.82) is 0 Å². The zero-order valence-corrected chi connectivity index (χ0v) is 34.6. The molecule has 0 amide bonds. The van der Waals surface area contributed by atoms with E-state index in [9.17, 15) is 0 Å². The van der Waals surface area contributed by atoms with Gasteiger partial charge in [0.1, 0.15) is 0 Å². The first kappa shape index (κ1) is 44.4. The fourth-order valence-corrected chi connectivity index (χ4v) is 9.11. The fourth-order valence-electron chi connectivity index (χ4n) is 6.63. The molecule has 3 rings (SSSR count). The first-order valence-electron chi connectivity index (χ1n) is 18.0. The van der Waals surface area contributed by atoms with Gasteiger partial charge in [0.25, 0.3) is 0 Å². The summed E-state index contributed by atoms with van der Waals surface area (Å²) in [6.45, 7) is 12.7. The first-order chi connectivity index (χ1) is 19.8. The molecule has 260 valence electrons. The van der Waals surface area contributed by atoms with E-state index in [1.54, 1.807) is 0 Å². The molecule has 0 aliphatic carbocycles. The van der Waals surface area contributed by atoms with Gasteiger partial charge in [0.05, 0.1) is 74.2 Å². The molecule has 3 saturated heterocycles. The van der Waals surface area contributed by atoms with Gasteiger partial charge in [-0.05, 0) is 12.8 Å². The molecule has 0 unspecified atom stereocenters. The van der Waals surface area contributed by atoms with E-state index in [0.29, 0.717) is 0 Å². The molecular weight excluding hydrogens is 780 g/mol. The van der Waals surface area contributed by atoms with E-state index in [1.165, 1.54) is 140 Å². The van der Waals surface area contributed by atoms with Gasteiger partial charge >= 0.3 is 8.80 Å². The third-order valence-corrected chi connectivity index (χ3v) is 12.5. The zero-order valence-electron chi connectivity index (χ0n) is 29.3. The number of hydrogen-bond acceptors (Lipinski definition) is 4. The second-order valence-electron chi connectivity index (χ2n) is 14.6. The Balaban J connectivity index is 0.00000882. The third kappa shape index (κ3) is 22.6. The third-order valence-electron chi connectivity index (χ3n) is 9.58. The van der Waals surface area contributed by atoms with Crippen LogP contribution in [0.4, 0.5) is 0 Å². The number of rotatable bonds is 25. The van der Waals surface area contributed by atoms with Crippen molar-refractivity contribution in [2.75, 3.05) is 93.8 Å². The molecule has 0 radical (unpaired) electrons. The van der Waals surface area contributed by atoms with Gasteiger partial charge in [-0.3, -0.25) is 4.90 Å². The van der Waals surface area contributed by atoms with Crippen LogP contribution < -0.4 is 48.0 Å². The lowest BCUT2D eigenvalue weighted by molar-refractivity contribution is -0.909. The van der Waals surface area contributed by atoms with Crippen LogP contribution in [0.1, 0.15) is 122 Å². The van der Waals surface area contributed by atoms with Gasteiger partial charge in [-0.2, -0.15) is 0 Å². The Morgan fingerprint density at radius 2 is 0.791 bits per heavy atom. The quantitative estimate of drug-likeness (QED) is 0.0605. The minimum absolute atomic E-state index is 0. The fraction of sp³-hybridized carbons (Fsp3) is 1.00. The highest BCUT2D eigenvalue weighted by Crippen LogP contribution is 2.23. The molecule has 0 atom stereocenters. The maximum atomic E-state index is 6.23. The minimum Gasteiger partial charge on any atom is -1.00 e. The normalized spacial score (nSPS) is 21.0. The van der Waals surface area contributed by atoms with Crippen molar-refractivity contribution in [3.8, 4) is 0 Å². The van der Waals surface area contributed by atoms with Gasteiger partial charge in [-0.15, -0.1) is 0 Å². The lowest BCUT2D eigenvalue weighted by Crippen LogP contribution is -3.00. The summed E-state index contributed by atoms with van der Waals surface area (Å²) < 4.78 is 20.9. The highest BCUT2D eigenvalue weighted by molar-refractivity contribution is 6.60.